The third kappa shape index (κ3) is 5.95. The number of carbonyl (C=O) groups excluding carboxylic acids is 2. The highest BCUT2D eigenvalue weighted by Gasteiger charge is 2.28. The molecule has 2 atom stereocenters. The van der Waals surface area contributed by atoms with Crippen LogP contribution in [0.1, 0.15) is 36.6 Å². The molecule has 0 aromatic carbocycles. The van der Waals surface area contributed by atoms with Crippen LogP contribution in [0.5, 0.6) is 0 Å². The van der Waals surface area contributed by atoms with Gasteiger partial charge in [0.05, 0.1) is 12.5 Å². The fourth-order valence-electron chi connectivity index (χ4n) is 2.93. The van der Waals surface area contributed by atoms with Gasteiger partial charge in [-0.2, -0.15) is 0 Å². The van der Waals surface area contributed by atoms with Gasteiger partial charge in [-0.1, -0.05) is 13.3 Å². The molecular weight excluding hydrogens is 362 g/mol. The highest BCUT2D eigenvalue weighted by atomic mass is 35.5. The van der Waals surface area contributed by atoms with Gasteiger partial charge in [-0.15, -0.1) is 23.7 Å². The minimum atomic E-state index is -0.474. The highest BCUT2D eigenvalue weighted by Crippen LogP contribution is 2.24. The van der Waals surface area contributed by atoms with Gasteiger partial charge in [0.2, 0.25) is 11.8 Å². The molecule has 0 bridgehead atoms. The largest absolute Gasteiger partial charge is 0.380 e. The molecule has 1 aliphatic rings. The maximum absolute atomic E-state index is 12.8. The SMILES string of the molecule is CCCC(NC(=O)CC(CN)OC)C(=O)N1CCc2sccc2C1.Cl. The minimum Gasteiger partial charge on any atom is -0.380 e. The Balaban J connectivity index is 0.00000312. The first-order chi connectivity index (χ1) is 11.6. The summed E-state index contributed by atoms with van der Waals surface area (Å²) in [4.78, 5) is 28.2. The average molecular weight is 390 g/mol. The molecule has 1 aromatic heterocycles. The van der Waals surface area contributed by atoms with Crippen molar-refractivity contribution in [2.75, 3.05) is 20.2 Å². The van der Waals surface area contributed by atoms with Crippen molar-refractivity contribution in [3.63, 3.8) is 0 Å². The number of amides is 2. The van der Waals surface area contributed by atoms with Gasteiger partial charge in [0, 0.05) is 31.6 Å². The zero-order valence-corrected chi connectivity index (χ0v) is 16.5. The molecule has 2 heterocycles. The van der Waals surface area contributed by atoms with Crippen LogP contribution >= 0.6 is 23.7 Å². The number of hydrogen-bond acceptors (Lipinski definition) is 5. The van der Waals surface area contributed by atoms with E-state index in [1.807, 2.05) is 11.8 Å². The summed E-state index contributed by atoms with van der Waals surface area (Å²) in [6.45, 7) is 3.64. The Morgan fingerprint density at radius 3 is 2.88 bits per heavy atom. The van der Waals surface area contributed by atoms with Gasteiger partial charge in [0.1, 0.15) is 6.04 Å². The van der Waals surface area contributed by atoms with Gasteiger partial charge >= 0.3 is 0 Å². The Morgan fingerprint density at radius 2 is 2.24 bits per heavy atom. The van der Waals surface area contributed by atoms with Crippen LogP contribution in [0.3, 0.4) is 0 Å². The normalized spacial score (nSPS) is 15.7. The number of thiophene rings is 1. The average Bonchev–Trinajstić information content (AvgIpc) is 3.06. The summed E-state index contributed by atoms with van der Waals surface area (Å²) in [6.07, 6.45) is 2.22. The molecule has 0 aliphatic carbocycles. The molecule has 2 amide bonds. The smallest absolute Gasteiger partial charge is 0.245 e. The minimum absolute atomic E-state index is 0. The van der Waals surface area contributed by atoms with Crippen LogP contribution in [0.4, 0.5) is 0 Å². The Morgan fingerprint density at radius 1 is 1.48 bits per heavy atom. The van der Waals surface area contributed by atoms with E-state index in [0.717, 1.165) is 12.8 Å². The molecule has 2 rings (SSSR count). The van der Waals surface area contributed by atoms with Crippen molar-refractivity contribution >= 4 is 35.6 Å². The van der Waals surface area contributed by atoms with Crippen LogP contribution in [-0.4, -0.2) is 49.1 Å². The zero-order valence-electron chi connectivity index (χ0n) is 14.8. The molecule has 3 N–H and O–H groups in total. The number of hydrogen-bond donors (Lipinski definition) is 2. The Bertz CT molecular complexity index is 563. The van der Waals surface area contributed by atoms with Gasteiger partial charge in [-0.05, 0) is 29.9 Å². The second kappa shape index (κ2) is 10.8. The van der Waals surface area contributed by atoms with E-state index in [0.29, 0.717) is 19.5 Å². The van der Waals surface area contributed by atoms with E-state index in [1.165, 1.54) is 17.6 Å². The van der Waals surface area contributed by atoms with Crippen molar-refractivity contribution < 1.29 is 14.3 Å². The summed E-state index contributed by atoms with van der Waals surface area (Å²) in [6, 6.07) is 1.61. The first kappa shape index (κ1) is 21.9. The lowest BCUT2D eigenvalue weighted by molar-refractivity contribution is -0.138. The summed E-state index contributed by atoms with van der Waals surface area (Å²) >= 11 is 1.75. The van der Waals surface area contributed by atoms with Crippen molar-refractivity contribution in [1.29, 1.82) is 0 Å². The fourth-order valence-corrected chi connectivity index (χ4v) is 3.82. The standard InChI is InChI=1S/C17H27N3O3S.ClH/c1-3-4-14(19-16(21)9-13(10-18)23-2)17(22)20-7-5-15-12(11-20)6-8-24-15;/h6,8,13-14H,3-5,7,9-11,18H2,1-2H3,(H,19,21);1H. The molecule has 25 heavy (non-hydrogen) atoms. The van der Waals surface area contributed by atoms with Crippen molar-refractivity contribution in [3.05, 3.63) is 21.9 Å². The topological polar surface area (TPSA) is 84.7 Å². The monoisotopic (exact) mass is 389 g/mol. The van der Waals surface area contributed by atoms with Gasteiger partial charge in [-0.3, -0.25) is 9.59 Å². The second-order valence-electron chi connectivity index (χ2n) is 6.09. The van der Waals surface area contributed by atoms with Gasteiger partial charge in [0.15, 0.2) is 0 Å². The van der Waals surface area contributed by atoms with Crippen molar-refractivity contribution in [1.82, 2.24) is 10.2 Å². The quantitative estimate of drug-likeness (QED) is 0.708. The summed E-state index contributed by atoms with van der Waals surface area (Å²) in [5, 5.41) is 4.94. The van der Waals surface area contributed by atoms with Crippen LogP contribution in [0.2, 0.25) is 0 Å². The predicted molar refractivity (Wildman–Crippen MR) is 102 cm³/mol. The number of nitrogens with one attached hydrogen (secondary N) is 1. The van der Waals surface area contributed by atoms with Crippen molar-refractivity contribution in [2.24, 2.45) is 5.73 Å². The first-order valence-corrected chi connectivity index (χ1v) is 9.33. The van der Waals surface area contributed by atoms with E-state index in [9.17, 15) is 9.59 Å². The molecule has 0 saturated heterocycles. The van der Waals surface area contributed by atoms with E-state index in [2.05, 4.69) is 16.8 Å². The maximum atomic E-state index is 12.8. The number of ether oxygens (including phenoxy) is 1. The van der Waals surface area contributed by atoms with E-state index in [4.69, 9.17) is 10.5 Å². The van der Waals surface area contributed by atoms with Gasteiger partial charge < -0.3 is 20.7 Å². The third-order valence-electron chi connectivity index (χ3n) is 4.34. The molecule has 2 unspecified atom stereocenters. The van der Waals surface area contributed by atoms with Crippen molar-refractivity contribution in [2.45, 2.75) is 51.3 Å². The van der Waals surface area contributed by atoms with Gasteiger partial charge in [-0.25, -0.2) is 0 Å². The van der Waals surface area contributed by atoms with E-state index in [1.54, 1.807) is 11.3 Å². The molecule has 1 aliphatic heterocycles. The number of fused-ring (bicyclic) bond motifs is 1. The number of carbonyl (C=O) groups is 2. The molecular formula is C17H28ClN3O3S. The Hall–Kier alpha value is -1.15. The van der Waals surface area contributed by atoms with E-state index in [-0.39, 0.29) is 43.3 Å². The lowest BCUT2D eigenvalue weighted by Crippen LogP contribution is -2.50. The maximum Gasteiger partial charge on any atom is 0.245 e. The molecule has 1 aromatic rings. The van der Waals surface area contributed by atoms with Crippen LogP contribution in [-0.2, 0) is 27.3 Å². The highest BCUT2D eigenvalue weighted by molar-refractivity contribution is 7.10. The molecule has 8 heteroatoms. The van der Waals surface area contributed by atoms with E-state index < -0.39 is 6.04 Å². The Labute approximate surface area is 159 Å². The number of nitrogens with zero attached hydrogens (tertiary/aromatic N) is 1. The van der Waals surface area contributed by atoms with Crippen LogP contribution in [0.25, 0.3) is 0 Å². The molecule has 0 radical (unpaired) electrons. The van der Waals surface area contributed by atoms with Gasteiger partial charge in [0.25, 0.3) is 0 Å². The van der Waals surface area contributed by atoms with Crippen LogP contribution in [0, 0.1) is 0 Å². The van der Waals surface area contributed by atoms with E-state index >= 15 is 0 Å². The van der Waals surface area contributed by atoms with Crippen molar-refractivity contribution in [3.8, 4) is 0 Å². The third-order valence-corrected chi connectivity index (χ3v) is 5.36. The number of nitrogens with two attached hydrogens (primary N) is 1. The second-order valence-corrected chi connectivity index (χ2v) is 7.09. The number of methoxy groups -OCH3 is 1. The lowest BCUT2D eigenvalue weighted by Gasteiger charge is -2.31. The molecule has 0 spiro atoms. The summed E-state index contributed by atoms with van der Waals surface area (Å²) < 4.78 is 5.14. The first-order valence-electron chi connectivity index (χ1n) is 8.45. The molecule has 0 saturated carbocycles. The summed E-state index contributed by atoms with van der Waals surface area (Å²) in [5.74, 6) is -0.184. The van der Waals surface area contributed by atoms with Crippen LogP contribution < -0.4 is 11.1 Å². The number of rotatable bonds is 8. The lowest BCUT2D eigenvalue weighted by atomic mass is 10.1. The number of halogens is 1. The summed E-state index contributed by atoms with van der Waals surface area (Å²) in [7, 11) is 1.53. The molecule has 0 fully saturated rings. The summed E-state index contributed by atoms with van der Waals surface area (Å²) in [5.41, 5.74) is 6.78. The fraction of sp³-hybridized carbons (Fsp3) is 0.647. The Kier molecular flexibility index (Phi) is 9.42. The zero-order chi connectivity index (χ0) is 17.5. The molecule has 142 valence electrons. The predicted octanol–water partition coefficient (Wildman–Crippen LogP) is 1.70. The van der Waals surface area contributed by atoms with Crippen LogP contribution in [0.15, 0.2) is 11.4 Å². The molecule has 6 nitrogen and oxygen atoms in total.